The SMILES string of the molecule is CC(CCc1ccco1)NC1CCc2ccccc2C1. The standard InChI is InChI=1S/C18H23NO/c1-14(8-11-18-7-4-12-20-18)19-17-10-9-15-5-2-3-6-16(15)13-17/h2-7,12,14,17,19H,8-11,13H2,1H3. The minimum Gasteiger partial charge on any atom is -0.469 e. The number of hydrogen-bond acceptors (Lipinski definition) is 2. The molecule has 1 aliphatic rings. The van der Waals surface area contributed by atoms with Crippen LogP contribution in [0.2, 0.25) is 0 Å². The van der Waals surface area contributed by atoms with Crippen LogP contribution in [-0.4, -0.2) is 12.1 Å². The normalized spacial score (nSPS) is 19.6. The van der Waals surface area contributed by atoms with E-state index in [1.807, 2.05) is 6.07 Å². The molecular weight excluding hydrogens is 246 g/mol. The van der Waals surface area contributed by atoms with Crippen molar-refractivity contribution in [1.29, 1.82) is 0 Å². The molecule has 0 amide bonds. The Morgan fingerprint density at radius 2 is 2.05 bits per heavy atom. The third-order valence-electron chi connectivity index (χ3n) is 4.27. The van der Waals surface area contributed by atoms with Crippen LogP contribution in [0, 0.1) is 0 Å². The first-order valence-corrected chi connectivity index (χ1v) is 7.66. The van der Waals surface area contributed by atoms with Gasteiger partial charge in [0.2, 0.25) is 0 Å². The highest BCUT2D eigenvalue weighted by molar-refractivity contribution is 5.30. The van der Waals surface area contributed by atoms with Gasteiger partial charge in [-0.1, -0.05) is 24.3 Å². The second-order valence-corrected chi connectivity index (χ2v) is 5.89. The van der Waals surface area contributed by atoms with E-state index < -0.39 is 0 Å². The Morgan fingerprint density at radius 1 is 1.20 bits per heavy atom. The number of aryl methyl sites for hydroxylation is 2. The minimum atomic E-state index is 0.537. The second kappa shape index (κ2) is 6.27. The van der Waals surface area contributed by atoms with Gasteiger partial charge in [-0.15, -0.1) is 0 Å². The minimum absolute atomic E-state index is 0.537. The van der Waals surface area contributed by atoms with Crippen molar-refractivity contribution < 1.29 is 4.42 Å². The zero-order valence-corrected chi connectivity index (χ0v) is 12.1. The van der Waals surface area contributed by atoms with Crippen LogP contribution in [0.1, 0.15) is 36.7 Å². The van der Waals surface area contributed by atoms with Crippen molar-refractivity contribution in [2.45, 2.75) is 51.1 Å². The Bertz CT molecular complexity index is 532. The first-order valence-electron chi connectivity index (χ1n) is 7.66. The maximum Gasteiger partial charge on any atom is 0.103 e. The molecule has 2 nitrogen and oxygen atoms in total. The molecule has 2 aromatic rings. The average Bonchev–Trinajstić information content (AvgIpc) is 2.98. The van der Waals surface area contributed by atoms with Crippen LogP contribution >= 0.6 is 0 Å². The van der Waals surface area contributed by atoms with Gasteiger partial charge in [0.25, 0.3) is 0 Å². The highest BCUT2D eigenvalue weighted by atomic mass is 16.3. The van der Waals surface area contributed by atoms with Gasteiger partial charge in [0.1, 0.15) is 5.76 Å². The Hall–Kier alpha value is -1.54. The smallest absolute Gasteiger partial charge is 0.103 e. The lowest BCUT2D eigenvalue weighted by Gasteiger charge is -2.28. The summed E-state index contributed by atoms with van der Waals surface area (Å²) in [5.41, 5.74) is 3.06. The van der Waals surface area contributed by atoms with Gasteiger partial charge >= 0.3 is 0 Å². The van der Waals surface area contributed by atoms with Crippen LogP contribution in [0.3, 0.4) is 0 Å². The number of nitrogens with one attached hydrogen (secondary N) is 1. The summed E-state index contributed by atoms with van der Waals surface area (Å²) in [6.45, 7) is 2.28. The van der Waals surface area contributed by atoms with Crippen molar-refractivity contribution >= 4 is 0 Å². The molecule has 1 N–H and O–H groups in total. The fourth-order valence-corrected chi connectivity index (χ4v) is 3.14. The lowest BCUT2D eigenvalue weighted by atomic mass is 9.88. The Balaban J connectivity index is 1.49. The molecule has 2 unspecified atom stereocenters. The highest BCUT2D eigenvalue weighted by Gasteiger charge is 2.19. The predicted octanol–water partition coefficient (Wildman–Crippen LogP) is 3.75. The first-order chi connectivity index (χ1) is 9.81. The molecule has 0 saturated carbocycles. The second-order valence-electron chi connectivity index (χ2n) is 5.89. The van der Waals surface area contributed by atoms with Crippen LogP contribution in [0.4, 0.5) is 0 Å². The molecule has 20 heavy (non-hydrogen) atoms. The quantitative estimate of drug-likeness (QED) is 0.894. The molecule has 0 aliphatic heterocycles. The molecule has 3 rings (SSSR count). The molecular formula is C18H23NO. The fraction of sp³-hybridized carbons (Fsp3) is 0.444. The zero-order chi connectivity index (χ0) is 13.8. The van der Waals surface area contributed by atoms with E-state index in [0.717, 1.165) is 18.6 Å². The van der Waals surface area contributed by atoms with Crippen molar-refractivity contribution in [3.05, 3.63) is 59.5 Å². The summed E-state index contributed by atoms with van der Waals surface area (Å²) in [4.78, 5) is 0. The molecule has 1 heterocycles. The van der Waals surface area contributed by atoms with E-state index in [1.54, 1.807) is 6.26 Å². The van der Waals surface area contributed by atoms with Gasteiger partial charge in [-0.05, 0) is 55.9 Å². The summed E-state index contributed by atoms with van der Waals surface area (Å²) in [5, 5.41) is 3.78. The molecule has 1 aliphatic carbocycles. The molecule has 1 aromatic heterocycles. The lowest BCUT2D eigenvalue weighted by Crippen LogP contribution is -2.40. The van der Waals surface area contributed by atoms with Crippen molar-refractivity contribution in [1.82, 2.24) is 5.32 Å². The number of benzene rings is 1. The third kappa shape index (κ3) is 3.31. The van der Waals surface area contributed by atoms with E-state index in [4.69, 9.17) is 4.42 Å². The van der Waals surface area contributed by atoms with Gasteiger partial charge in [0, 0.05) is 18.5 Å². The van der Waals surface area contributed by atoms with E-state index in [-0.39, 0.29) is 0 Å². The number of furan rings is 1. The molecule has 0 saturated heterocycles. The third-order valence-corrected chi connectivity index (χ3v) is 4.27. The van der Waals surface area contributed by atoms with Crippen molar-refractivity contribution in [3.63, 3.8) is 0 Å². The van der Waals surface area contributed by atoms with Crippen molar-refractivity contribution in [2.24, 2.45) is 0 Å². The number of fused-ring (bicyclic) bond motifs is 1. The summed E-state index contributed by atoms with van der Waals surface area (Å²) in [7, 11) is 0. The average molecular weight is 269 g/mol. The molecule has 0 radical (unpaired) electrons. The van der Waals surface area contributed by atoms with E-state index in [1.165, 1.54) is 30.4 Å². The first kappa shape index (κ1) is 13.4. The Kier molecular flexibility index (Phi) is 4.22. The fourth-order valence-electron chi connectivity index (χ4n) is 3.14. The monoisotopic (exact) mass is 269 g/mol. The summed E-state index contributed by atoms with van der Waals surface area (Å²) < 4.78 is 5.39. The summed E-state index contributed by atoms with van der Waals surface area (Å²) >= 11 is 0. The Morgan fingerprint density at radius 3 is 2.85 bits per heavy atom. The zero-order valence-electron chi connectivity index (χ0n) is 12.1. The van der Waals surface area contributed by atoms with Crippen molar-refractivity contribution in [2.75, 3.05) is 0 Å². The summed E-state index contributed by atoms with van der Waals surface area (Å²) in [6, 6.07) is 14.0. The molecule has 1 aromatic carbocycles. The van der Waals surface area contributed by atoms with E-state index >= 15 is 0 Å². The van der Waals surface area contributed by atoms with Gasteiger partial charge in [-0.3, -0.25) is 0 Å². The predicted molar refractivity (Wildman–Crippen MR) is 81.9 cm³/mol. The molecule has 0 fully saturated rings. The molecule has 0 spiro atoms. The molecule has 2 heteroatoms. The summed E-state index contributed by atoms with van der Waals surface area (Å²) in [6.07, 6.45) is 7.53. The van der Waals surface area contributed by atoms with Gasteiger partial charge in [0.15, 0.2) is 0 Å². The largest absolute Gasteiger partial charge is 0.469 e. The lowest BCUT2D eigenvalue weighted by molar-refractivity contribution is 0.384. The van der Waals surface area contributed by atoms with Crippen LogP contribution in [0.5, 0.6) is 0 Å². The molecule has 0 bridgehead atoms. The number of rotatable bonds is 5. The summed E-state index contributed by atoms with van der Waals surface area (Å²) in [5.74, 6) is 1.09. The maximum absolute atomic E-state index is 5.39. The maximum atomic E-state index is 5.39. The van der Waals surface area contributed by atoms with E-state index in [0.29, 0.717) is 12.1 Å². The van der Waals surface area contributed by atoms with Gasteiger partial charge in [-0.25, -0.2) is 0 Å². The van der Waals surface area contributed by atoms with Crippen LogP contribution < -0.4 is 5.32 Å². The highest BCUT2D eigenvalue weighted by Crippen LogP contribution is 2.21. The molecule has 2 atom stereocenters. The van der Waals surface area contributed by atoms with E-state index in [2.05, 4.69) is 42.6 Å². The van der Waals surface area contributed by atoms with Gasteiger partial charge in [-0.2, -0.15) is 0 Å². The molecule has 106 valence electrons. The van der Waals surface area contributed by atoms with Gasteiger partial charge in [0.05, 0.1) is 6.26 Å². The van der Waals surface area contributed by atoms with E-state index in [9.17, 15) is 0 Å². The topological polar surface area (TPSA) is 25.2 Å². The Labute approximate surface area is 121 Å². The van der Waals surface area contributed by atoms with Crippen LogP contribution in [-0.2, 0) is 19.3 Å². The van der Waals surface area contributed by atoms with Gasteiger partial charge < -0.3 is 9.73 Å². The van der Waals surface area contributed by atoms with Crippen LogP contribution in [0.25, 0.3) is 0 Å². The number of hydrogen-bond donors (Lipinski definition) is 1. The van der Waals surface area contributed by atoms with Crippen LogP contribution in [0.15, 0.2) is 47.1 Å². The van der Waals surface area contributed by atoms with Crippen molar-refractivity contribution in [3.8, 4) is 0 Å².